The maximum absolute atomic E-state index is 12.8. The molecule has 0 saturated carbocycles. The maximum atomic E-state index is 12.8. The number of halogens is 1. The topological polar surface area (TPSA) is 85.8 Å². The highest BCUT2D eigenvalue weighted by molar-refractivity contribution is 6.32. The number of carbonyl (C=O) groups excluding carboxylic acids is 1. The largest absolute Gasteiger partial charge is 0.497 e. The third-order valence-corrected chi connectivity index (χ3v) is 5.78. The molecule has 33 heavy (non-hydrogen) atoms. The Balaban J connectivity index is 1.39. The Bertz CT molecular complexity index is 1120. The summed E-state index contributed by atoms with van der Waals surface area (Å²) in [6.07, 6.45) is 4.61. The van der Waals surface area contributed by atoms with E-state index in [1.165, 1.54) is 0 Å². The molecule has 2 aromatic carbocycles. The molecule has 0 unspecified atom stereocenters. The Morgan fingerprint density at radius 1 is 1.03 bits per heavy atom. The van der Waals surface area contributed by atoms with Gasteiger partial charge in [-0.3, -0.25) is 4.79 Å². The summed E-state index contributed by atoms with van der Waals surface area (Å²) in [5.74, 6) is 2.82. The van der Waals surface area contributed by atoms with Crippen LogP contribution in [0.3, 0.4) is 0 Å². The van der Waals surface area contributed by atoms with Crippen LogP contribution < -0.4 is 24.4 Å². The lowest BCUT2D eigenvalue weighted by atomic mass is 9.96. The Kier molecular flexibility index (Phi) is 7.14. The molecule has 0 atom stereocenters. The van der Waals surface area contributed by atoms with Gasteiger partial charge in [0.15, 0.2) is 5.82 Å². The molecule has 1 amide bonds. The van der Waals surface area contributed by atoms with Gasteiger partial charge in [0, 0.05) is 43.2 Å². The van der Waals surface area contributed by atoms with Gasteiger partial charge < -0.3 is 24.4 Å². The molecule has 1 aromatic heterocycles. The van der Waals surface area contributed by atoms with Crippen molar-refractivity contribution in [2.45, 2.75) is 12.8 Å². The summed E-state index contributed by atoms with van der Waals surface area (Å²) in [7, 11) is 3.16. The molecule has 9 heteroatoms. The number of benzene rings is 2. The Morgan fingerprint density at radius 2 is 1.79 bits per heavy atom. The molecule has 2 heterocycles. The van der Waals surface area contributed by atoms with Crippen LogP contribution in [0, 0.1) is 5.92 Å². The van der Waals surface area contributed by atoms with Crippen molar-refractivity contribution in [3.05, 3.63) is 59.9 Å². The van der Waals surface area contributed by atoms with Gasteiger partial charge in [0.2, 0.25) is 5.91 Å². The molecular formula is C24H25ClN4O4. The second kappa shape index (κ2) is 10.4. The minimum Gasteiger partial charge on any atom is -0.497 e. The molecular weight excluding hydrogens is 444 g/mol. The third kappa shape index (κ3) is 5.46. The number of aromatic nitrogens is 2. The molecule has 1 aliphatic rings. The first-order valence-electron chi connectivity index (χ1n) is 10.6. The fraction of sp³-hybridized carbons (Fsp3) is 0.292. The number of methoxy groups -OCH3 is 2. The summed E-state index contributed by atoms with van der Waals surface area (Å²) in [5.41, 5.74) is 0.649. The van der Waals surface area contributed by atoms with E-state index in [4.69, 9.17) is 25.8 Å². The monoisotopic (exact) mass is 468 g/mol. The van der Waals surface area contributed by atoms with E-state index in [2.05, 4.69) is 20.2 Å². The second-order valence-corrected chi connectivity index (χ2v) is 7.97. The van der Waals surface area contributed by atoms with Crippen molar-refractivity contribution < 1.29 is 19.0 Å². The number of piperidine rings is 1. The smallest absolute Gasteiger partial charge is 0.263 e. The molecule has 1 N–H and O–H groups in total. The molecule has 0 radical (unpaired) electrons. The summed E-state index contributed by atoms with van der Waals surface area (Å²) >= 11 is 6.16. The molecule has 3 aromatic rings. The minimum absolute atomic E-state index is 0.0251. The number of hydrogen-bond acceptors (Lipinski definition) is 7. The zero-order chi connectivity index (χ0) is 23.2. The fourth-order valence-corrected chi connectivity index (χ4v) is 3.98. The minimum atomic E-state index is -0.110. The number of hydrogen-bond donors (Lipinski definition) is 1. The van der Waals surface area contributed by atoms with E-state index in [0.717, 1.165) is 0 Å². The van der Waals surface area contributed by atoms with Crippen LogP contribution in [0.15, 0.2) is 54.9 Å². The molecule has 0 bridgehead atoms. The first-order valence-corrected chi connectivity index (χ1v) is 11.0. The van der Waals surface area contributed by atoms with E-state index >= 15 is 0 Å². The lowest BCUT2D eigenvalue weighted by Gasteiger charge is -2.32. The van der Waals surface area contributed by atoms with Crippen molar-refractivity contribution >= 4 is 29.0 Å². The van der Waals surface area contributed by atoms with E-state index in [9.17, 15) is 4.79 Å². The number of nitrogens with zero attached hydrogens (tertiary/aromatic N) is 3. The van der Waals surface area contributed by atoms with Gasteiger partial charge in [-0.25, -0.2) is 9.97 Å². The van der Waals surface area contributed by atoms with Crippen LogP contribution in [0.1, 0.15) is 12.8 Å². The van der Waals surface area contributed by atoms with Crippen molar-refractivity contribution in [3.63, 3.8) is 0 Å². The molecule has 4 rings (SSSR count). The van der Waals surface area contributed by atoms with Crippen LogP contribution in [0.25, 0.3) is 0 Å². The summed E-state index contributed by atoms with van der Waals surface area (Å²) in [4.78, 5) is 23.7. The van der Waals surface area contributed by atoms with Crippen molar-refractivity contribution in [1.29, 1.82) is 0 Å². The quantitative estimate of drug-likeness (QED) is 0.533. The van der Waals surface area contributed by atoms with Crippen molar-refractivity contribution in [2.75, 3.05) is 37.5 Å². The predicted octanol–water partition coefficient (Wildman–Crippen LogP) is 4.79. The van der Waals surface area contributed by atoms with Gasteiger partial charge in [0.1, 0.15) is 17.2 Å². The highest BCUT2D eigenvalue weighted by Crippen LogP contribution is 2.33. The highest BCUT2D eigenvalue weighted by Gasteiger charge is 2.27. The van der Waals surface area contributed by atoms with Gasteiger partial charge in [0.05, 0.1) is 19.2 Å². The number of ether oxygens (including phenoxy) is 3. The standard InChI is InChI=1S/C24H25ClN4O4/c1-31-18-4-3-5-19(15-18)33-24-22(26-10-11-27-24)29-12-8-16(9-13-29)23(30)28-17-6-7-21(32-2)20(25)14-17/h3-7,10-11,14-16H,8-9,12-13H2,1-2H3,(H,28,30). The van der Waals surface area contributed by atoms with Crippen molar-refractivity contribution in [3.8, 4) is 23.1 Å². The summed E-state index contributed by atoms with van der Waals surface area (Å²) in [5, 5.41) is 3.41. The van der Waals surface area contributed by atoms with Gasteiger partial charge in [-0.05, 0) is 43.2 Å². The first-order chi connectivity index (χ1) is 16.1. The Morgan fingerprint density at radius 3 is 2.52 bits per heavy atom. The third-order valence-electron chi connectivity index (χ3n) is 5.49. The maximum Gasteiger partial charge on any atom is 0.263 e. The van der Waals surface area contributed by atoms with Gasteiger partial charge in [0.25, 0.3) is 5.88 Å². The van der Waals surface area contributed by atoms with E-state index in [0.29, 0.717) is 65.6 Å². The van der Waals surface area contributed by atoms with Crippen molar-refractivity contribution in [1.82, 2.24) is 9.97 Å². The number of anilines is 2. The Hall–Kier alpha value is -3.52. The molecule has 172 valence electrons. The van der Waals surface area contributed by atoms with Crippen LogP contribution in [-0.4, -0.2) is 43.2 Å². The summed E-state index contributed by atoms with van der Waals surface area (Å²) in [6.45, 7) is 1.32. The average Bonchev–Trinajstić information content (AvgIpc) is 2.85. The molecule has 0 aliphatic carbocycles. The van der Waals surface area contributed by atoms with E-state index in [1.807, 2.05) is 18.2 Å². The van der Waals surface area contributed by atoms with Gasteiger partial charge in [-0.1, -0.05) is 17.7 Å². The zero-order valence-electron chi connectivity index (χ0n) is 18.5. The molecule has 1 saturated heterocycles. The first kappa shape index (κ1) is 22.7. The van der Waals surface area contributed by atoms with Gasteiger partial charge in [-0.2, -0.15) is 0 Å². The van der Waals surface area contributed by atoms with Gasteiger partial charge in [-0.15, -0.1) is 0 Å². The average molecular weight is 469 g/mol. The van der Waals surface area contributed by atoms with Crippen LogP contribution in [0.4, 0.5) is 11.5 Å². The number of nitrogens with one attached hydrogen (secondary N) is 1. The number of amides is 1. The fourth-order valence-electron chi connectivity index (χ4n) is 3.73. The van der Waals surface area contributed by atoms with E-state index in [-0.39, 0.29) is 11.8 Å². The molecule has 1 aliphatic heterocycles. The number of carbonyl (C=O) groups is 1. The number of rotatable bonds is 7. The summed E-state index contributed by atoms with van der Waals surface area (Å²) < 4.78 is 16.4. The van der Waals surface area contributed by atoms with Gasteiger partial charge >= 0.3 is 0 Å². The van der Waals surface area contributed by atoms with Crippen LogP contribution in [-0.2, 0) is 4.79 Å². The second-order valence-electron chi connectivity index (χ2n) is 7.57. The van der Waals surface area contributed by atoms with Crippen LogP contribution in [0.2, 0.25) is 5.02 Å². The SMILES string of the molecule is COc1cccc(Oc2nccnc2N2CCC(C(=O)Nc3ccc(OC)c(Cl)c3)CC2)c1. The zero-order valence-corrected chi connectivity index (χ0v) is 19.2. The lowest BCUT2D eigenvalue weighted by Crippen LogP contribution is -2.38. The molecule has 0 spiro atoms. The van der Waals surface area contributed by atoms with E-state index < -0.39 is 0 Å². The lowest BCUT2D eigenvalue weighted by molar-refractivity contribution is -0.120. The molecule has 1 fully saturated rings. The normalized spacial score (nSPS) is 14.0. The van der Waals surface area contributed by atoms with Crippen molar-refractivity contribution in [2.24, 2.45) is 5.92 Å². The highest BCUT2D eigenvalue weighted by atomic mass is 35.5. The van der Waals surface area contributed by atoms with E-state index in [1.54, 1.807) is 50.9 Å². The van der Waals surface area contributed by atoms with Crippen LogP contribution in [0.5, 0.6) is 23.1 Å². The summed E-state index contributed by atoms with van der Waals surface area (Å²) in [6, 6.07) is 12.5. The predicted molar refractivity (Wildman–Crippen MR) is 127 cm³/mol. The Labute approximate surface area is 197 Å². The van der Waals surface area contributed by atoms with Crippen LogP contribution >= 0.6 is 11.6 Å². The molecule has 8 nitrogen and oxygen atoms in total.